The number of thioether (sulfide) groups is 2. The van der Waals surface area contributed by atoms with E-state index in [1.807, 2.05) is 48.5 Å². The Morgan fingerprint density at radius 1 is 1.10 bits per heavy atom. The number of nitrogens with zero attached hydrogens (tertiary/aromatic N) is 2. The second kappa shape index (κ2) is 9.32. The summed E-state index contributed by atoms with van der Waals surface area (Å²) in [5, 5.41) is 0.934. The quantitative estimate of drug-likeness (QED) is 0.400. The van der Waals surface area contributed by atoms with Gasteiger partial charge in [0, 0.05) is 21.6 Å². The van der Waals surface area contributed by atoms with Gasteiger partial charge in [0.1, 0.15) is 0 Å². The van der Waals surface area contributed by atoms with Crippen LogP contribution in [0.5, 0.6) is 0 Å². The average Bonchev–Trinajstić information content (AvgIpc) is 2.74. The maximum atomic E-state index is 13.3. The van der Waals surface area contributed by atoms with E-state index in [4.69, 9.17) is 0 Å². The van der Waals surface area contributed by atoms with Crippen LogP contribution in [-0.2, 0) is 10.5 Å². The number of nitrogens with one attached hydrogen (secondary N) is 1. The van der Waals surface area contributed by atoms with Crippen molar-refractivity contribution in [3.05, 3.63) is 70.6 Å². The minimum absolute atomic E-state index is 0.0511. The lowest BCUT2D eigenvalue weighted by atomic mass is 10.2. The van der Waals surface area contributed by atoms with Gasteiger partial charge in [-0.2, -0.15) is 11.8 Å². The summed E-state index contributed by atoms with van der Waals surface area (Å²) in [5.74, 6) is 0.800. The van der Waals surface area contributed by atoms with Crippen molar-refractivity contribution < 1.29 is 4.79 Å². The van der Waals surface area contributed by atoms with Gasteiger partial charge in [0.15, 0.2) is 5.16 Å². The molecule has 0 radical (unpaired) electrons. The lowest BCUT2D eigenvalue weighted by Gasteiger charge is -2.30. The van der Waals surface area contributed by atoms with Gasteiger partial charge in [-0.15, -0.1) is 0 Å². The first kappa shape index (κ1) is 21.1. The molecule has 3 aromatic rings. The van der Waals surface area contributed by atoms with E-state index in [9.17, 15) is 9.59 Å². The highest BCUT2D eigenvalue weighted by molar-refractivity contribution is 8.00. The highest BCUT2D eigenvalue weighted by Gasteiger charge is 2.27. The highest BCUT2D eigenvalue weighted by atomic mass is 32.2. The van der Waals surface area contributed by atoms with Crippen molar-refractivity contribution in [2.24, 2.45) is 0 Å². The van der Waals surface area contributed by atoms with Gasteiger partial charge >= 0.3 is 0 Å². The lowest BCUT2D eigenvalue weighted by Crippen LogP contribution is -2.30. The maximum Gasteiger partial charge on any atom is 0.251 e. The summed E-state index contributed by atoms with van der Waals surface area (Å²) >= 11 is 4.66. The van der Waals surface area contributed by atoms with Crippen LogP contribution in [0.25, 0.3) is 0 Å². The number of hydrogen-bond donors (Lipinski definition) is 1. The molecule has 1 aliphatic rings. The van der Waals surface area contributed by atoms with Crippen LogP contribution in [-0.4, -0.2) is 26.9 Å². The summed E-state index contributed by atoms with van der Waals surface area (Å²) in [6.07, 6.45) is 0. The third-order valence-electron chi connectivity index (χ3n) is 4.35. The molecule has 5 nitrogen and oxygen atoms in total. The summed E-state index contributed by atoms with van der Waals surface area (Å²) in [6.45, 7) is 4.22. The van der Waals surface area contributed by atoms with Gasteiger partial charge in [0.05, 0.1) is 22.8 Å². The van der Waals surface area contributed by atoms with E-state index in [1.165, 1.54) is 17.8 Å². The van der Waals surface area contributed by atoms with Gasteiger partial charge < -0.3 is 4.98 Å². The van der Waals surface area contributed by atoms with Crippen LogP contribution in [0.15, 0.2) is 74.3 Å². The Morgan fingerprint density at radius 2 is 1.73 bits per heavy atom. The number of amides is 1. The molecule has 0 aliphatic carbocycles. The molecule has 1 aliphatic heterocycles. The average molecular weight is 456 g/mol. The second-order valence-corrected chi connectivity index (χ2v) is 10.6. The van der Waals surface area contributed by atoms with Gasteiger partial charge in [-0.1, -0.05) is 61.6 Å². The molecule has 1 aromatic heterocycles. The van der Waals surface area contributed by atoms with E-state index in [0.29, 0.717) is 16.2 Å². The largest absolute Gasteiger partial charge is 0.301 e. The predicted octanol–water partition coefficient (Wildman–Crippen LogP) is 5.33. The smallest absolute Gasteiger partial charge is 0.251 e. The minimum atomic E-state index is -0.190. The van der Waals surface area contributed by atoms with Crippen molar-refractivity contribution in [2.45, 2.75) is 39.8 Å². The first-order valence-electron chi connectivity index (χ1n) is 9.55. The molecule has 2 aromatic carbocycles. The standard InChI is InChI=1S/C22H21N3O2S3/c1-14(2)28-12-15-11-20(26)24-22(23-15)29-13-21(27)25-16-7-3-5-9-18(16)30-19-10-6-4-8-17(19)25/h3-11,14H,12-13H2,1-2H3,(H,23,24,26). The number of carbonyl (C=O) groups is 1. The van der Waals surface area contributed by atoms with E-state index >= 15 is 0 Å². The van der Waals surface area contributed by atoms with Crippen LogP contribution in [0.3, 0.4) is 0 Å². The normalized spacial score (nSPS) is 12.6. The Hall–Kier alpha value is -2.16. The molecule has 30 heavy (non-hydrogen) atoms. The van der Waals surface area contributed by atoms with Crippen molar-refractivity contribution in [1.29, 1.82) is 0 Å². The summed E-state index contributed by atoms with van der Waals surface area (Å²) in [6, 6.07) is 17.3. The number of rotatable bonds is 6. The SMILES string of the molecule is CC(C)SCc1cc(=O)[nH]c(SCC(=O)N2c3ccccc3Sc3ccccc32)n1. The zero-order valence-electron chi connectivity index (χ0n) is 16.6. The van der Waals surface area contributed by atoms with Crippen LogP contribution in [0.1, 0.15) is 19.5 Å². The first-order valence-corrected chi connectivity index (χ1v) is 12.4. The van der Waals surface area contributed by atoms with E-state index in [2.05, 4.69) is 23.8 Å². The number of carbonyl (C=O) groups excluding carboxylic acids is 1. The van der Waals surface area contributed by atoms with Crippen molar-refractivity contribution >= 4 is 52.6 Å². The third-order valence-corrected chi connectivity index (χ3v) is 7.47. The molecule has 0 saturated heterocycles. The molecule has 1 amide bonds. The maximum absolute atomic E-state index is 13.3. The number of aromatic nitrogens is 2. The Kier molecular flexibility index (Phi) is 6.55. The molecule has 0 saturated carbocycles. The Bertz CT molecular complexity index is 1080. The number of hydrogen-bond acceptors (Lipinski definition) is 6. The highest BCUT2D eigenvalue weighted by Crippen LogP contribution is 2.48. The summed E-state index contributed by atoms with van der Waals surface area (Å²) in [4.78, 5) is 36.4. The Labute approximate surface area is 188 Å². The third kappa shape index (κ3) is 4.77. The topological polar surface area (TPSA) is 66.1 Å². The number of aromatic amines is 1. The molecule has 1 N–H and O–H groups in total. The van der Waals surface area contributed by atoms with Gasteiger partial charge in [0.25, 0.3) is 5.56 Å². The summed E-state index contributed by atoms with van der Waals surface area (Å²) < 4.78 is 0. The molecule has 0 fully saturated rings. The predicted molar refractivity (Wildman–Crippen MR) is 126 cm³/mol. The monoisotopic (exact) mass is 455 g/mol. The molecule has 8 heteroatoms. The molecule has 4 rings (SSSR count). The van der Waals surface area contributed by atoms with Crippen molar-refractivity contribution in [2.75, 3.05) is 10.7 Å². The molecule has 2 heterocycles. The van der Waals surface area contributed by atoms with Crippen LogP contribution >= 0.6 is 35.3 Å². The Morgan fingerprint density at radius 3 is 2.37 bits per heavy atom. The fourth-order valence-corrected chi connectivity index (χ4v) is 5.50. The van der Waals surface area contributed by atoms with E-state index in [-0.39, 0.29) is 17.2 Å². The summed E-state index contributed by atoms with van der Waals surface area (Å²) in [5.41, 5.74) is 2.31. The zero-order valence-corrected chi connectivity index (χ0v) is 19.1. The van der Waals surface area contributed by atoms with Crippen molar-refractivity contribution in [1.82, 2.24) is 9.97 Å². The van der Waals surface area contributed by atoms with Crippen molar-refractivity contribution in [3.63, 3.8) is 0 Å². The lowest BCUT2D eigenvalue weighted by molar-refractivity contribution is -0.115. The molecule has 154 valence electrons. The fraction of sp³-hybridized carbons (Fsp3) is 0.227. The van der Waals surface area contributed by atoms with E-state index < -0.39 is 0 Å². The van der Waals surface area contributed by atoms with Crippen LogP contribution < -0.4 is 10.5 Å². The molecule has 0 bridgehead atoms. The number of benzene rings is 2. The number of H-pyrrole nitrogens is 1. The van der Waals surface area contributed by atoms with Crippen LogP contribution in [0.2, 0.25) is 0 Å². The van der Waals surface area contributed by atoms with E-state index in [1.54, 1.807) is 28.4 Å². The number of anilines is 2. The molecule has 0 unspecified atom stereocenters. The molecular weight excluding hydrogens is 434 g/mol. The van der Waals surface area contributed by atoms with Gasteiger partial charge in [-0.05, 0) is 29.5 Å². The van der Waals surface area contributed by atoms with Gasteiger partial charge in [0.2, 0.25) is 5.91 Å². The molecular formula is C22H21N3O2S3. The second-order valence-electron chi connectivity index (χ2n) is 6.96. The number of fused-ring (bicyclic) bond motifs is 2. The van der Waals surface area contributed by atoms with Gasteiger partial charge in [-0.3, -0.25) is 14.5 Å². The molecule has 0 atom stereocenters. The number of para-hydroxylation sites is 2. The van der Waals surface area contributed by atoms with Crippen LogP contribution in [0, 0.1) is 0 Å². The van der Waals surface area contributed by atoms with Gasteiger partial charge in [-0.25, -0.2) is 4.98 Å². The fourth-order valence-electron chi connectivity index (χ4n) is 3.05. The minimum Gasteiger partial charge on any atom is -0.301 e. The zero-order chi connectivity index (χ0) is 21.1. The first-order chi connectivity index (χ1) is 14.5. The Balaban J connectivity index is 1.55. The van der Waals surface area contributed by atoms with E-state index in [0.717, 1.165) is 26.9 Å². The van der Waals surface area contributed by atoms with Crippen LogP contribution in [0.4, 0.5) is 11.4 Å². The van der Waals surface area contributed by atoms with Crippen molar-refractivity contribution in [3.8, 4) is 0 Å². The summed E-state index contributed by atoms with van der Waals surface area (Å²) in [7, 11) is 0. The molecule has 0 spiro atoms.